The molecule has 29 heavy (non-hydrogen) atoms. The van der Waals surface area contributed by atoms with E-state index in [1.807, 2.05) is 54.6 Å². The molecule has 0 bridgehead atoms. The van der Waals surface area contributed by atoms with E-state index < -0.39 is 0 Å². The second-order valence-corrected chi connectivity index (χ2v) is 8.30. The van der Waals surface area contributed by atoms with Gasteiger partial charge in [-0.2, -0.15) is 0 Å². The number of amides is 3. The van der Waals surface area contributed by atoms with Gasteiger partial charge >= 0.3 is 6.03 Å². The summed E-state index contributed by atoms with van der Waals surface area (Å²) in [6, 6.07) is 16.7. The van der Waals surface area contributed by atoms with Gasteiger partial charge in [0.05, 0.1) is 12.0 Å². The zero-order chi connectivity index (χ0) is 20.8. The van der Waals surface area contributed by atoms with Crippen LogP contribution in [0.1, 0.15) is 38.3 Å². The number of rotatable bonds is 5. The number of likely N-dealkylation sites (tertiary alicyclic amines) is 1. The topological polar surface area (TPSA) is 61.4 Å². The summed E-state index contributed by atoms with van der Waals surface area (Å²) in [5.74, 6) is 0.0240. The third kappa shape index (κ3) is 5.73. The van der Waals surface area contributed by atoms with Crippen molar-refractivity contribution < 1.29 is 9.59 Å². The third-order valence-electron chi connectivity index (χ3n) is 5.30. The van der Waals surface area contributed by atoms with E-state index in [9.17, 15) is 9.59 Å². The van der Waals surface area contributed by atoms with Crippen molar-refractivity contribution >= 4 is 29.2 Å². The molecule has 3 amide bonds. The van der Waals surface area contributed by atoms with Gasteiger partial charge in [-0.05, 0) is 48.6 Å². The number of anilines is 1. The maximum Gasteiger partial charge on any atom is 0.321 e. The monoisotopic (exact) mass is 413 g/mol. The first-order valence-corrected chi connectivity index (χ1v) is 10.5. The molecule has 1 aliphatic rings. The summed E-state index contributed by atoms with van der Waals surface area (Å²) >= 11 is 6.00. The molecule has 1 saturated heterocycles. The fourth-order valence-electron chi connectivity index (χ4n) is 3.68. The first kappa shape index (κ1) is 21.2. The summed E-state index contributed by atoms with van der Waals surface area (Å²) in [7, 11) is 0. The summed E-state index contributed by atoms with van der Waals surface area (Å²) < 4.78 is 0. The minimum atomic E-state index is -0.209. The van der Waals surface area contributed by atoms with Crippen molar-refractivity contribution in [2.75, 3.05) is 18.4 Å². The van der Waals surface area contributed by atoms with E-state index in [1.54, 1.807) is 4.90 Å². The standard InChI is InChI=1S/C23H28ClN3O2/c1-16(2)21(17-10-12-19(24)13-11-17)26-22(28)18-7-6-14-27(15-18)23(29)25-20-8-4-3-5-9-20/h3-5,8-13,16,18,21H,6-7,14-15H2,1-2H3,(H,25,29)(H,26,28). The van der Waals surface area contributed by atoms with Crippen molar-refractivity contribution in [1.29, 1.82) is 0 Å². The molecule has 6 heteroatoms. The van der Waals surface area contributed by atoms with Crippen molar-refractivity contribution in [3.8, 4) is 0 Å². The van der Waals surface area contributed by atoms with Gasteiger partial charge in [0, 0.05) is 23.8 Å². The summed E-state index contributed by atoms with van der Waals surface area (Å²) in [5, 5.41) is 6.77. The molecule has 5 nitrogen and oxygen atoms in total. The highest BCUT2D eigenvalue weighted by Crippen LogP contribution is 2.25. The zero-order valence-electron chi connectivity index (χ0n) is 16.9. The van der Waals surface area contributed by atoms with Gasteiger partial charge in [-0.15, -0.1) is 0 Å². The van der Waals surface area contributed by atoms with E-state index in [0.29, 0.717) is 18.1 Å². The molecule has 1 aliphatic heterocycles. The van der Waals surface area contributed by atoms with Crippen LogP contribution in [0.2, 0.25) is 5.02 Å². The van der Waals surface area contributed by atoms with Crippen LogP contribution in [0.4, 0.5) is 10.5 Å². The Morgan fingerprint density at radius 3 is 2.41 bits per heavy atom. The Morgan fingerprint density at radius 2 is 1.76 bits per heavy atom. The van der Waals surface area contributed by atoms with Gasteiger partial charge in [0.1, 0.15) is 0 Å². The lowest BCUT2D eigenvalue weighted by atomic mass is 9.93. The minimum absolute atomic E-state index is 0.00383. The fraction of sp³-hybridized carbons (Fsp3) is 0.391. The molecule has 2 unspecified atom stereocenters. The van der Waals surface area contributed by atoms with E-state index in [2.05, 4.69) is 24.5 Å². The molecule has 1 fully saturated rings. The van der Waals surface area contributed by atoms with Crippen molar-refractivity contribution in [3.63, 3.8) is 0 Å². The van der Waals surface area contributed by atoms with E-state index in [1.165, 1.54) is 0 Å². The molecule has 1 heterocycles. The molecule has 2 atom stereocenters. The quantitative estimate of drug-likeness (QED) is 0.716. The number of urea groups is 1. The number of para-hydroxylation sites is 1. The Labute approximate surface area is 177 Å². The van der Waals surface area contributed by atoms with Gasteiger partial charge in [0.2, 0.25) is 5.91 Å². The van der Waals surface area contributed by atoms with Crippen molar-refractivity contribution in [2.45, 2.75) is 32.7 Å². The molecule has 2 aromatic carbocycles. The van der Waals surface area contributed by atoms with Gasteiger partial charge in [-0.1, -0.05) is 55.8 Å². The van der Waals surface area contributed by atoms with Crippen LogP contribution in [0.3, 0.4) is 0 Å². The number of carbonyl (C=O) groups is 2. The van der Waals surface area contributed by atoms with Gasteiger partial charge in [-0.3, -0.25) is 4.79 Å². The number of hydrogen-bond donors (Lipinski definition) is 2. The lowest BCUT2D eigenvalue weighted by Gasteiger charge is -2.33. The predicted octanol–water partition coefficient (Wildman–Crippen LogP) is 5.10. The number of piperidine rings is 1. The minimum Gasteiger partial charge on any atom is -0.349 e. The predicted molar refractivity (Wildman–Crippen MR) is 117 cm³/mol. The SMILES string of the molecule is CC(C)C(NC(=O)C1CCCN(C(=O)Nc2ccccc2)C1)c1ccc(Cl)cc1. The summed E-state index contributed by atoms with van der Waals surface area (Å²) in [6.07, 6.45) is 1.60. The number of halogens is 1. The lowest BCUT2D eigenvalue weighted by molar-refractivity contribution is -0.127. The number of benzene rings is 2. The van der Waals surface area contributed by atoms with Crippen molar-refractivity contribution in [2.24, 2.45) is 11.8 Å². The largest absolute Gasteiger partial charge is 0.349 e. The molecule has 0 radical (unpaired) electrons. The van der Waals surface area contributed by atoms with Gasteiger partial charge in [0.25, 0.3) is 0 Å². The molecular weight excluding hydrogens is 386 g/mol. The molecule has 0 saturated carbocycles. The Balaban J connectivity index is 1.62. The van der Waals surface area contributed by atoms with Crippen LogP contribution in [0.15, 0.2) is 54.6 Å². The van der Waals surface area contributed by atoms with Crippen LogP contribution < -0.4 is 10.6 Å². The van der Waals surface area contributed by atoms with Crippen LogP contribution in [-0.4, -0.2) is 29.9 Å². The highest BCUT2D eigenvalue weighted by atomic mass is 35.5. The Bertz CT molecular complexity index is 824. The van der Waals surface area contributed by atoms with Crippen LogP contribution in [0, 0.1) is 11.8 Å². The molecule has 2 N–H and O–H groups in total. The Morgan fingerprint density at radius 1 is 1.07 bits per heavy atom. The van der Waals surface area contributed by atoms with Gasteiger partial charge in [-0.25, -0.2) is 4.79 Å². The summed E-state index contributed by atoms with van der Waals surface area (Å²) in [5.41, 5.74) is 1.79. The van der Waals surface area contributed by atoms with Crippen LogP contribution in [0.5, 0.6) is 0 Å². The molecule has 0 aliphatic carbocycles. The average molecular weight is 414 g/mol. The second-order valence-electron chi connectivity index (χ2n) is 7.86. The molecule has 0 spiro atoms. The van der Waals surface area contributed by atoms with Crippen LogP contribution in [0.25, 0.3) is 0 Å². The number of nitrogens with zero attached hydrogens (tertiary/aromatic N) is 1. The molecule has 0 aromatic heterocycles. The van der Waals surface area contributed by atoms with Gasteiger partial charge < -0.3 is 15.5 Å². The van der Waals surface area contributed by atoms with Crippen LogP contribution in [-0.2, 0) is 4.79 Å². The zero-order valence-corrected chi connectivity index (χ0v) is 17.7. The van der Waals surface area contributed by atoms with E-state index in [4.69, 9.17) is 11.6 Å². The highest BCUT2D eigenvalue weighted by Gasteiger charge is 2.30. The highest BCUT2D eigenvalue weighted by molar-refractivity contribution is 6.30. The van der Waals surface area contributed by atoms with Crippen molar-refractivity contribution in [3.05, 3.63) is 65.2 Å². The summed E-state index contributed by atoms with van der Waals surface area (Å²) in [6.45, 7) is 5.25. The van der Waals surface area contributed by atoms with Crippen molar-refractivity contribution in [1.82, 2.24) is 10.2 Å². The Hall–Kier alpha value is -2.53. The summed E-state index contributed by atoms with van der Waals surface area (Å²) in [4.78, 5) is 27.3. The third-order valence-corrected chi connectivity index (χ3v) is 5.55. The normalized spacial score (nSPS) is 17.7. The average Bonchev–Trinajstić information content (AvgIpc) is 2.73. The maximum atomic E-state index is 13.0. The molecule has 154 valence electrons. The van der Waals surface area contributed by atoms with Crippen LogP contribution >= 0.6 is 11.6 Å². The Kier molecular flexibility index (Phi) is 7.15. The first-order valence-electron chi connectivity index (χ1n) is 10.1. The molecular formula is C23H28ClN3O2. The molecule has 2 aromatic rings. The first-order chi connectivity index (χ1) is 13.9. The van der Waals surface area contributed by atoms with Gasteiger partial charge in [0.15, 0.2) is 0 Å². The molecule has 3 rings (SSSR count). The lowest BCUT2D eigenvalue weighted by Crippen LogP contribution is -2.47. The number of carbonyl (C=O) groups excluding carboxylic acids is 2. The smallest absolute Gasteiger partial charge is 0.321 e. The number of hydrogen-bond acceptors (Lipinski definition) is 2. The maximum absolute atomic E-state index is 13.0. The van der Waals surface area contributed by atoms with E-state index in [-0.39, 0.29) is 29.8 Å². The van der Waals surface area contributed by atoms with E-state index >= 15 is 0 Å². The second kappa shape index (κ2) is 9.79. The van der Waals surface area contributed by atoms with E-state index in [0.717, 1.165) is 24.1 Å². The fourth-order valence-corrected chi connectivity index (χ4v) is 3.80. The number of nitrogens with one attached hydrogen (secondary N) is 2.